The van der Waals surface area contributed by atoms with E-state index < -0.39 is 24.3 Å². The van der Waals surface area contributed by atoms with Gasteiger partial charge in [-0.05, 0) is 93.2 Å². The van der Waals surface area contributed by atoms with Crippen LogP contribution in [-0.2, 0) is 19.1 Å². The molecule has 0 aliphatic heterocycles. The Kier molecular flexibility index (Phi) is 12.3. The Morgan fingerprint density at radius 2 is 1.27 bits per heavy atom. The van der Waals surface area contributed by atoms with Crippen LogP contribution in [0.15, 0.2) is 22.7 Å². The maximum atomic E-state index is 14.0. The Bertz CT molecular complexity index is 863. The summed E-state index contributed by atoms with van der Waals surface area (Å²) in [5, 5.41) is 0. The van der Waals surface area contributed by atoms with Crippen molar-refractivity contribution in [3.8, 4) is 0 Å². The molecule has 0 saturated heterocycles. The van der Waals surface area contributed by atoms with Gasteiger partial charge in [-0.15, -0.1) is 0 Å². The predicted octanol–water partition coefficient (Wildman–Crippen LogP) is 8.64. The number of alkyl halides is 2. The number of unbranched alkanes of at least 4 members (excludes halogenated alkanes) is 2. The van der Waals surface area contributed by atoms with E-state index in [1.54, 1.807) is 0 Å². The van der Waals surface area contributed by atoms with E-state index in [1.807, 2.05) is 13.8 Å². The van der Waals surface area contributed by atoms with Crippen LogP contribution in [0.3, 0.4) is 0 Å². The first-order valence-corrected chi connectivity index (χ1v) is 15.1. The smallest absolute Gasteiger partial charge is 0.340 e. The lowest BCUT2D eigenvalue weighted by molar-refractivity contribution is -0.157. The summed E-state index contributed by atoms with van der Waals surface area (Å²) in [4.78, 5) is 24.0. The molecule has 1 aromatic carbocycles. The third kappa shape index (κ3) is 9.04. The van der Waals surface area contributed by atoms with E-state index in [-0.39, 0.29) is 25.0 Å². The number of esters is 2. The number of halogens is 3. The maximum Gasteiger partial charge on any atom is 0.340 e. The van der Waals surface area contributed by atoms with Crippen molar-refractivity contribution in [2.24, 2.45) is 0 Å². The number of hydrogen-bond donors (Lipinski definition) is 0. The van der Waals surface area contributed by atoms with Gasteiger partial charge in [0.1, 0.15) is 12.2 Å². The van der Waals surface area contributed by atoms with E-state index in [0.29, 0.717) is 24.7 Å². The maximum absolute atomic E-state index is 14.0. The normalized spacial score (nSPS) is 25.8. The third-order valence-corrected chi connectivity index (χ3v) is 8.67. The molecule has 208 valence electrons. The van der Waals surface area contributed by atoms with E-state index in [4.69, 9.17) is 9.47 Å². The quantitative estimate of drug-likeness (QED) is 0.231. The van der Waals surface area contributed by atoms with Gasteiger partial charge >= 0.3 is 11.9 Å². The summed E-state index contributed by atoms with van der Waals surface area (Å²) in [7, 11) is 0. The molecule has 0 bridgehead atoms. The lowest BCUT2D eigenvalue weighted by Crippen LogP contribution is -2.28. The van der Waals surface area contributed by atoms with Crippen LogP contribution in [0.25, 0.3) is 0 Å². The summed E-state index contributed by atoms with van der Waals surface area (Å²) in [6.07, 6.45) is 6.91. The second-order valence-electron chi connectivity index (χ2n) is 10.8. The first kappa shape index (κ1) is 30.0. The molecular formula is C30H43BrF2O4. The van der Waals surface area contributed by atoms with Crippen molar-refractivity contribution in [2.75, 3.05) is 0 Å². The fourth-order valence-corrected chi connectivity index (χ4v) is 6.33. The highest BCUT2D eigenvalue weighted by Gasteiger charge is 2.30. The molecule has 2 atom stereocenters. The molecule has 0 N–H and O–H groups in total. The van der Waals surface area contributed by atoms with E-state index >= 15 is 0 Å². The largest absolute Gasteiger partial charge is 0.460 e. The Labute approximate surface area is 229 Å². The average Bonchev–Trinajstić information content (AvgIpc) is 2.91. The molecule has 0 spiro atoms. The molecule has 0 heterocycles. The minimum Gasteiger partial charge on any atom is -0.460 e. The number of carbonyl (C=O) groups excluding carboxylic acids is 2. The zero-order chi connectivity index (χ0) is 26.8. The highest BCUT2D eigenvalue weighted by atomic mass is 79.9. The van der Waals surface area contributed by atoms with Crippen LogP contribution in [-0.4, -0.2) is 36.5 Å². The molecule has 3 rings (SSSR count). The number of carbonyl (C=O) groups is 2. The zero-order valence-corrected chi connectivity index (χ0v) is 23.9. The van der Waals surface area contributed by atoms with E-state index in [9.17, 15) is 18.4 Å². The van der Waals surface area contributed by atoms with E-state index in [2.05, 4.69) is 34.1 Å². The van der Waals surface area contributed by atoms with Crippen LogP contribution in [0.1, 0.15) is 127 Å². The summed E-state index contributed by atoms with van der Waals surface area (Å²) in [5.74, 6) is -0.614. The zero-order valence-electron chi connectivity index (χ0n) is 22.4. The molecule has 0 aromatic heterocycles. The van der Waals surface area contributed by atoms with Crippen molar-refractivity contribution in [1.82, 2.24) is 0 Å². The lowest BCUT2D eigenvalue weighted by Gasteiger charge is -2.31. The van der Waals surface area contributed by atoms with Gasteiger partial charge in [-0.1, -0.05) is 67.6 Å². The molecule has 0 amide bonds. The summed E-state index contributed by atoms with van der Waals surface area (Å²) in [6, 6.07) is 6.61. The topological polar surface area (TPSA) is 52.6 Å². The van der Waals surface area contributed by atoms with Crippen molar-refractivity contribution in [2.45, 2.75) is 140 Å². The Hall–Kier alpha value is -1.50. The molecular weight excluding hydrogens is 542 g/mol. The minimum absolute atomic E-state index is 0.185. The van der Waals surface area contributed by atoms with Gasteiger partial charge < -0.3 is 9.47 Å². The Morgan fingerprint density at radius 1 is 0.811 bits per heavy atom. The SMILES string of the molecule is CCCC[C@H](F)C(=O)OC1CCC(c2ccc(C3CCC(OC(=O)[C@@H](F)CCCC)CC3)c(Br)c2)CC1. The average molecular weight is 586 g/mol. The van der Waals surface area contributed by atoms with Gasteiger partial charge in [0.15, 0.2) is 12.3 Å². The fourth-order valence-electron chi connectivity index (χ4n) is 5.61. The number of rotatable bonds is 12. The van der Waals surface area contributed by atoms with Gasteiger partial charge in [0, 0.05) is 4.47 Å². The van der Waals surface area contributed by atoms with Gasteiger partial charge in [-0.2, -0.15) is 0 Å². The van der Waals surface area contributed by atoms with Crippen LogP contribution < -0.4 is 0 Å². The predicted molar refractivity (Wildman–Crippen MR) is 145 cm³/mol. The fraction of sp³-hybridized carbons (Fsp3) is 0.733. The molecule has 37 heavy (non-hydrogen) atoms. The summed E-state index contributed by atoms with van der Waals surface area (Å²) in [6.45, 7) is 3.96. The second-order valence-corrected chi connectivity index (χ2v) is 11.7. The first-order valence-electron chi connectivity index (χ1n) is 14.3. The van der Waals surface area contributed by atoms with Gasteiger partial charge in [-0.25, -0.2) is 18.4 Å². The van der Waals surface area contributed by atoms with Crippen molar-refractivity contribution < 1.29 is 27.8 Å². The van der Waals surface area contributed by atoms with Gasteiger partial charge in [-0.3, -0.25) is 0 Å². The van der Waals surface area contributed by atoms with E-state index in [0.717, 1.165) is 68.7 Å². The van der Waals surface area contributed by atoms with Gasteiger partial charge in [0.2, 0.25) is 0 Å². The highest BCUT2D eigenvalue weighted by Crippen LogP contribution is 2.41. The highest BCUT2D eigenvalue weighted by molar-refractivity contribution is 9.10. The number of hydrogen-bond acceptors (Lipinski definition) is 4. The summed E-state index contributed by atoms with van der Waals surface area (Å²) < 4.78 is 39.9. The van der Waals surface area contributed by atoms with Crippen LogP contribution in [0, 0.1) is 0 Å². The number of ether oxygens (including phenoxy) is 2. The Morgan fingerprint density at radius 3 is 1.70 bits per heavy atom. The molecule has 0 radical (unpaired) electrons. The molecule has 1 aromatic rings. The van der Waals surface area contributed by atoms with Crippen molar-refractivity contribution in [3.63, 3.8) is 0 Å². The Balaban J connectivity index is 1.45. The van der Waals surface area contributed by atoms with Crippen LogP contribution in [0.5, 0.6) is 0 Å². The van der Waals surface area contributed by atoms with E-state index in [1.165, 1.54) is 11.1 Å². The monoisotopic (exact) mass is 584 g/mol. The molecule has 2 fully saturated rings. The number of benzene rings is 1. The minimum atomic E-state index is -1.51. The van der Waals surface area contributed by atoms with Crippen molar-refractivity contribution >= 4 is 27.9 Å². The second kappa shape index (κ2) is 15.2. The molecule has 2 saturated carbocycles. The summed E-state index contributed by atoms with van der Waals surface area (Å²) >= 11 is 3.78. The van der Waals surface area contributed by atoms with Crippen LogP contribution in [0.2, 0.25) is 0 Å². The lowest BCUT2D eigenvalue weighted by atomic mass is 9.80. The molecule has 0 unspecified atom stereocenters. The van der Waals surface area contributed by atoms with Crippen molar-refractivity contribution in [1.29, 1.82) is 0 Å². The first-order chi connectivity index (χ1) is 17.8. The van der Waals surface area contributed by atoms with Gasteiger partial charge in [0.25, 0.3) is 0 Å². The van der Waals surface area contributed by atoms with Crippen LogP contribution >= 0.6 is 15.9 Å². The molecule has 2 aliphatic carbocycles. The molecule has 2 aliphatic rings. The third-order valence-electron chi connectivity index (χ3n) is 7.98. The molecule has 4 nitrogen and oxygen atoms in total. The summed E-state index contributed by atoms with van der Waals surface area (Å²) in [5.41, 5.74) is 2.54. The van der Waals surface area contributed by atoms with Crippen LogP contribution in [0.4, 0.5) is 8.78 Å². The molecule has 7 heteroatoms. The van der Waals surface area contributed by atoms with Gasteiger partial charge in [0.05, 0.1) is 0 Å². The van der Waals surface area contributed by atoms with Crippen molar-refractivity contribution in [3.05, 3.63) is 33.8 Å². The standard InChI is InChI=1S/C30H43BrF2O4/c1-3-5-7-27(32)29(34)36-23-14-9-20(10-15-23)22-13-18-25(26(31)19-22)21-11-16-24(17-12-21)37-30(35)28(33)8-6-4-2/h13,18-21,23-24,27-28H,3-12,14-17H2,1-2H3/t20?,21?,23?,24?,27-,28-/m0/s1.